The molecule has 1 aliphatic rings. The topological polar surface area (TPSA) is 38.5 Å². The van der Waals surface area contributed by atoms with Crippen molar-refractivity contribution in [2.45, 2.75) is 25.0 Å². The summed E-state index contributed by atoms with van der Waals surface area (Å²) >= 11 is 5.71. The maximum absolute atomic E-state index is 13.5. The smallest absolute Gasteiger partial charge is 0.142 e. The van der Waals surface area contributed by atoms with E-state index >= 15 is 0 Å². The van der Waals surface area contributed by atoms with Crippen LogP contribution in [0.3, 0.4) is 0 Å². The second kappa shape index (κ2) is 6.66. The summed E-state index contributed by atoms with van der Waals surface area (Å²) in [6, 6.07) is 4.85. The van der Waals surface area contributed by atoms with E-state index in [-0.39, 0.29) is 17.2 Å². The molecule has 0 aliphatic carbocycles. The van der Waals surface area contributed by atoms with Crippen molar-refractivity contribution >= 4 is 11.6 Å². The van der Waals surface area contributed by atoms with Gasteiger partial charge in [-0.05, 0) is 37.6 Å². The lowest BCUT2D eigenvalue weighted by molar-refractivity contribution is 0.0689. The molecule has 0 amide bonds. The van der Waals surface area contributed by atoms with Gasteiger partial charge in [0.2, 0.25) is 0 Å². The molecule has 1 aromatic carbocycles. The van der Waals surface area contributed by atoms with Gasteiger partial charge in [0.25, 0.3) is 0 Å². The van der Waals surface area contributed by atoms with Gasteiger partial charge in [-0.1, -0.05) is 17.7 Å². The van der Waals surface area contributed by atoms with Crippen LogP contribution in [0.15, 0.2) is 18.2 Å². The van der Waals surface area contributed by atoms with E-state index in [9.17, 15) is 4.39 Å². The molecule has 1 aliphatic heterocycles. The fourth-order valence-corrected chi connectivity index (χ4v) is 2.64. The van der Waals surface area contributed by atoms with Crippen molar-refractivity contribution in [1.82, 2.24) is 4.90 Å². The summed E-state index contributed by atoms with van der Waals surface area (Å²) in [5, 5.41) is 0.140. The summed E-state index contributed by atoms with van der Waals surface area (Å²) < 4.78 is 19.1. The molecule has 1 fully saturated rings. The molecule has 2 N–H and O–H groups in total. The normalized spacial score (nSPS) is 21.0. The Bertz CT molecular complexity index is 424. The first-order chi connectivity index (χ1) is 9.11. The highest BCUT2D eigenvalue weighted by atomic mass is 35.5. The lowest BCUT2D eigenvalue weighted by Gasteiger charge is -2.29. The van der Waals surface area contributed by atoms with E-state index in [4.69, 9.17) is 22.1 Å². The van der Waals surface area contributed by atoms with Crippen LogP contribution >= 0.6 is 11.6 Å². The minimum atomic E-state index is -0.400. The number of ether oxygens (including phenoxy) is 1. The molecule has 19 heavy (non-hydrogen) atoms. The Labute approximate surface area is 118 Å². The Balaban J connectivity index is 2.06. The molecule has 0 saturated carbocycles. The highest BCUT2D eigenvalue weighted by Gasteiger charge is 2.22. The van der Waals surface area contributed by atoms with Crippen LogP contribution in [-0.4, -0.2) is 37.7 Å². The van der Waals surface area contributed by atoms with Gasteiger partial charge >= 0.3 is 0 Å². The average Bonchev–Trinajstić information content (AvgIpc) is 2.87. The minimum absolute atomic E-state index is 0.0176. The number of nitrogens with two attached hydrogens (primary N) is 1. The van der Waals surface area contributed by atoms with Crippen LogP contribution in [0.25, 0.3) is 0 Å². The van der Waals surface area contributed by atoms with Crippen molar-refractivity contribution in [2.75, 3.05) is 26.7 Å². The molecule has 0 aromatic heterocycles. The number of benzene rings is 1. The third-order valence-electron chi connectivity index (χ3n) is 3.60. The van der Waals surface area contributed by atoms with E-state index < -0.39 is 5.82 Å². The first-order valence-electron chi connectivity index (χ1n) is 6.58. The molecular weight excluding hydrogens is 267 g/mol. The molecule has 2 rings (SSSR count). The number of halogens is 2. The zero-order chi connectivity index (χ0) is 13.8. The maximum atomic E-state index is 13.5. The zero-order valence-corrected chi connectivity index (χ0v) is 11.9. The first kappa shape index (κ1) is 14.7. The van der Waals surface area contributed by atoms with Gasteiger partial charge in [0.1, 0.15) is 5.82 Å². The quantitative estimate of drug-likeness (QED) is 0.904. The lowest BCUT2D eigenvalue weighted by atomic mass is 10.0. The highest BCUT2D eigenvalue weighted by molar-refractivity contribution is 6.30. The Kier molecular flexibility index (Phi) is 5.16. The molecular formula is C14H20ClFN2O. The summed E-state index contributed by atoms with van der Waals surface area (Å²) in [6.07, 6.45) is 2.45. The molecule has 0 spiro atoms. The third kappa shape index (κ3) is 3.66. The van der Waals surface area contributed by atoms with Crippen LogP contribution in [0.1, 0.15) is 24.4 Å². The molecule has 2 atom stereocenters. The van der Waals surface area contributed by atoms with Gasteiger partial charge in [-0.25, -0.2) is 4.39 Å². The second-order valence-electron chi connectivity index (χ2n) is 5.00. The third-order valence-corrected chi connectivity index (χ3v) is 3.91. The van der Waals surface area contributed by atoms with Crippen molar-refractivity contribution in [3.05, 3.63) is 34.6 Å². The summed E-state index contributed by atoms with van der Waals surface area (Å²) in [5.74, 6) is -0.400. The van der Waals surface area contributed by atoms with E-state index in [1.807, 2.05) is 13.1 Å². The summed E-state index contributed by atoms with van der Waals surface area (Å²) in [5.41, 5.74) is 6.68. The van der Waals surface area contributed by atoms with Crippen molar-refractivity contribution in [3.63, 3.8) is 0 Å². The Morgan fingerprint density at radius 1 is 1.58 bits per heavy atom. The highest BCUT2D eigenvalue weighted by Crippen LogP contribution is 2.24. The van der Waals surface area contributed by atoms with Crippen LogP contribution in [0.2, 0.25) is 5.02 Å². The largest absolute Gasteiger partial charge is 0.377 e. The molecule has 3 nitrogen and oxygen atoms in total. The van der Waals surface area contributed by atoms with Crippen molar-refractivity contribution < 1.29 is 9.13 Å². The summed E-state index contributed by atoms with van der Waals surface area (Å²) in [6.45, 7) is 2.08. The van der Waals surface area contributed by atoms with Gasteiger partial charge in [-0.15, -0.1) is 0 Å². The second-order valence-corrected chi connectivity index (χ2v) is 5.41. The van der Waals surface area contributed by atoms with E-state index in [1.54, 1.807) is 6.07 Å². The van der Waals surface area contributed by atoms with Crippen LogP contribution in [0.5, 0.6) is 0 Å². The van der Waals surface area contributed by atoms with Crippen LogP contribution in [0, 0.1) is 5.82 Å². The molecule has 0 radical (unpaired) electrons. The lowest BCUT2D eigenvalue weighted by Crippen LogP contribution is -2.36. The van der Waals surface area contributed by atoms with Crippen molar-refractivity contribution in [2.24, 2.45) is 5.73 Å². The van der Waals surface area contributed by atoms with Crippen LogP contribution in [0.4, 0.5) is 4.39 Å². The number of rotatable bonds is 5. The maximum Gasteiger partial charge on any atom is 0.142 e. The zero-order valence-electron chi connectivity index (χ0n) is 11.1. The van der Waals surface area contributed by atoms with Gasteiger partial charge in [0.05, 0.1) is 11.1 Å². The number of nitrogens with zero attached hydrogens (tertiary/aromatic N) is 1. The Hall–Kier alpha value is -0.680. The number of hydrogen-bond acceptors (Lipinski definition) is 3. The van der Waals surface area contributed by atoms with E-state index in [2.05, 4.69) is 4.90 Å². The van der Waals surface area contributed by atoms with Gasteiger partial charge < -0.3 is 10.5 Å². The van der Waals surface area contributed by atoms with Crippen molar-refractivity contribution in [3.8, 4) is 0 Å². The SMILES string of the molecule is CN(CC1CCCO1)C(CN)c1ccc(Cl)c(F)c1. The van der Waals surface area contributed by atoms with Gasteiger partial charge in [-0.3, -0.25) is 4.90 Å². The minimum Gasteiger partial charge on any atom is -0.377 e. The molecule has 0 bridgehead atoms. The summed E-state index contributed by atoms with van der Waals surface area (Å²) in [4.78, 5) is 2.12. The summed E-state index contributed by atoms with van der Waals surface area (Å²) in [7, 11) is 1.99. The van der Waals surface area contributed by atoms with E-state index in [0.29, 0.717) is 6.54 Å². The van der Waals surface area contributed by atoms with E-state index in [1.165, 1.54) is 6.07 Å². The predicted molar refractivity (Wildman–Crippen MR) is 74.8 cm³/mol. The van der Waals surface area contributed by atoms with Crippen molar-refractivity contribution in [1.29, 1.82) is 0 Å². The average molecular weight is 287 g/mol. The predicted octanol–water partition coefficient (Wildman–Crippen LogP) is 2.59. The monoisotopic (exact) mass is 286 g/mol. The molecule has 106 valence electrons. The molecule has 2 unspecified atom stereocenters. The van der Waals surface area contributed by atoms with Crippen LogP contribution in [-0.2, 0) is 4.74 Å². The standard InChI is InChI=1S/C14H20ClFN2O/c1-18(9-11-3-2-6-19-11)14(8-17)10-4-5-12(15)13(16)7-10/h4-5,7,11,14H,2-3,6,8-9,17H2,1H3. The van der Waals surface area contributed by atoms with Crippen LogP contribution < -0.4 is 5.73 Å². The Morgan fingerprint density at radius 3 is 2.95 bits per heavy atom. The van der Waals surface area contributed by atoms with E-state index in [0.717, 1.165) is 31.6 Å². The molecule has 5 heteroatoms. The van der Waals surface area contributed by atoms with Gasteiger partial charge in [0, 0.05) is 25.7 Å². The molecule has 1 heterocycles. The van der Waals surface area contributed by atoms with Gasteiger partial charge in [0.15, 0.2) is 0 Å². The first-order valence-corrected chi connectivity index (χ1v) is 6.96. The number of likely N-dealkylation sites (N-methyl/N-ethyl adjacent to an activating group) is 1. The number of hydrogen-bond donors (Lipinski definition) is 1. The molecule has 1 saturated heterocycles. The van der Waals surface area contributed by atoms with Gasteiger partial charge in [-0.2, -0.15) is 0 Å². The Morgan fingerprint density at radius 2 is 2.37 bits per heavy atom. The fraction of sp³-hybridized carbons (Fsp3) is 0.571. The molecule has 1 aromatic rings. The fourth-order valence-electron chi connectivity index (χ4n) is 2.53.